The van der Waals surface area contributed by atoms with E-state index in [0.717, 1.165) is 12.1 Å². The van der Waals surface area contributed by atoms with E-state index in [1.54, 1.807) is 4.90 Å². The lowest BCUT2D eigenvalue weighted by Crippen LogP contribution is -2.34. The Morgan fingerprint density at radius 1 is 1.28 bits per heavy atom. The van der Waals surface area contributed by atoms with E-state index >= 15 is 0 Å². The van der Waals surface area contributed by atoms with Gasteiger partial charge in [0.2, 0.25) is 11.8 Å². The second-order valence-corrected chi connectivity index (χ2v) is 5.70. The highest BCUT2D eigenvalue weighted by Gasteiger charge is 2.20. The average molecular weight is 349 g/mol. The summed E-state index contributed by atoms with van der Waals surface area (Å²) in [6, 6.07) is 3.54. The maximum absolute atomic E-state index is 13.8. The molecule has 0 atom stereocenters. The van der Waals surface area contributed by atoms with E-state index in [4.69, 9.17) is 4.42 Å². The van der Waals surface area contributed by atoms with Crippen LogP contribution in [0.15, 0.2) is 28.8 Å². The van der Waals surface area contributed by atoms with E-state index in [-0.39, 0.29) is 48.3 Å². The number of rotatable bonds is 4. The first kappa shape index (κ1) is 17.1. The molecule has 6 nitrogen and oxygen atoms in total. The van der Waals surface area contributed by atoms with Gasteiger partial charge in [0.1, 0.15) is 11.6 Å². The molecule has 1 aliphatic rings. The van der Waals surface area contributed by atoms with E-state index in [1.165, 1.54) is 12.3 Å². The third kappa shape index (κ3) is 4.01. The van der Waals surface area contributed by atoms with Crippen LogP contribution in [0.1, 0.15) is 18.7 Å². The normalized spacial score (nSPS) is 15.0. The van der Waals surface area contributed by atoms with Gasteiger partial charge >= 0.3 is 0 Å². The van der Waals surface area contributed by atoms with Gasteiger partial charge in [-0.1, -0.05) is 6.07 Å². The second-order valence-electron chi connectivity index (χ2n) is 5.70. The molecule has 1 aromatic heterocycles. The number of carbonyl (C=O) groups excluding carboxylic acids is 2. The molecule has 0 saturated carbocycles. The van der Waals surface area contributed by atoms with Gasteiger partial charge in [-0.2, -0.15) is 0 Å². The molecule has 0 aliphatic carbocycles. The van der Waals surface area contributed by atoms with Crippen molar-refractivity contribution >= 4 is 11.8 Å². The van der Waals surface area contributed by atoms with E-state index in [1.807, 2.05) is 0 Å². The van der Waals surface area contributed by atoms with E-state index in [0.29, 0.717) is 19.6 Å². The Hall–Kier alpha value is -2.77. The Labute approximate surface area is 142 Å². The van der Waals surface area contributed by atoms with Crippen LogP contribution in [0.3, 0.4) is 0 Å². The van der Waals surface area contributed by atoms with Crippen molar-refractivity contribution in [3.63, 3.8) is 0 Å². The minimum Gasteiger partial charge on any atom is -0.441 e. The number of carbonyl (C=O) groups is 2. The van der Waals surface area contributed by atoms with Gasteiger partial charge in [-0.05, 0) is 12.1 Å². The van der Waals surface area contributed by atoms with Gasteiger partial charge in [0.15, 0.2) is 11.7 Å². The van der Waals surface area contributed by atoms with Crippen LogP contribution in [0.4, 0.5) is 8.78 Å². The highest BCUT2D eigenvalue weighted by atomic mass is 19.1. The monoisotopic (exact) mass is 349 g/mol. The molecule has 3 rings (SSSR count). The van der Waals surface area contributed by atoms with Gasteiger partial charge in [-0.3, -0.25) is 9.59 Å². The summed E-state index contributed by atoms with van der Waals surface area (Å²) in [7, 11) is 0. The molecule has 2 aromatic rings. The number of benzene rings is 1. The number of hydrogen-bond donors (Lipinski definition) is 1. The van der Waals surface area contributed by atoms with Crippen molar-refractivity contribution in [1.82, 2.24) is 15.2 Å². The van der Waals surface area contributed by atoms with Crippen molar-refractivity contribution in [3.05, 3.63) is 41.9 Å². The standard InChI is InChI=1S/C17H17F2N3O3/c18-11-2-1-3-12(19)17(11)13-10-21-15(25-13)4-5-16(24)22-8-6-14(23)20-7-9-22/h1-3,10H,4-9H2,(H,20,23). The number of halogens is 2. The van der Waals surface area contributed by atoms with E-state index < -0.39 is 11.6 Å². The predicted molar refractivity (Wildman–Crippen MR) is 84.4 cm³/mol. The third-order valence-electron chi connectivity index (χ3n) is 3.98. The second kappa shape index (κ2) is 7.42. The maximum atomic E-state index is 13.8. The van der Waals surface area contributed by atoms with E-state index in [9.17, 15) is 18.4 Å². The molecule has 1 fully saturated rings. The molecule has 1 aliphatic heterocycles. The lowest BCUT2D eigenvalue weighted by atomic mass is 10.1. The van der Waals surface area contributed by atoms with Crippen LogP contribution in [0.5, 0.6) is 0 Å². The van der Waals surface area contributed by atoms with Gasteiger partial charge in [0.05, 0.1) is 11.8 Å². The zero-order chi connectivity index (χ0) is 17.8. The van der Waals surface area contributed by atoms with Crippen molar-refractivity contribution in [2.45, 2.75) is 19.3 Å². The van der Waals surface area contributed by atoms with E-state index in [2.05, 4.69) is 10.3 Å². The fraction of sp³-hybridized carbons (Fsp3) is 0.353. The topological polar surface area (TPSA) is 75.4 Å². The lowest BCUT2D eigenvalue weighted by Gasteiger charge is -2.18. The number of oxazole rings is 1. The molecule has 8 heteroatoms. The molecule has 0 spiro atoms. The molecule has 0 radical (unpaired) electrons. The van der Waals surface area contributed by atoms with Crippen LogP contribution < -0.4 is 5.32 Å². The Morgan fingerprint density at radius 3 is 2.80 bits per heavy atom. The molecule has 0 bridgehead atoms. The molecule has 2 heterocycles. The molecule has 2 amide bonds. The van der Waals surface area contributed by atoms with Gasteiger partial charge in [0, 0.05) is 38.9 Å². The number of nitrogens with one attached hydrogen (secondary N) is 1. The first-order chi connectivity index (χ1) is 12.0. The van der Waals surface area contributed by atoms with Crippen LogP contribution in [0.25, 0.3) is 11.3 Å². The molecule has 132 valence electrons. The fourth-order valence-corrected chi connectivity index (χ4v) is 2.66. The molecule has 0 unspecified atom stereocenters. The maximum Gasteiger partial charge on any atom is 0.223 e. The lowest BCUT2D eigenvalue weighted by molar-refractivity contribution is -0.131. The number of aryl methyl sites for hydroxylation is 1. The minimum atomic E-state index is -0.736. The number of hydrogen-bond acceptors (Lipinski definition) is 4. The minimum absolute atomic E-state index is 0.0115. The highest BCUT2D eigenvalue weighted by Crippen LogP contribution is 2.26. The fourth-order valence-electron chi connectivity index (χ4n) is 2.66. The summed E-state index contributed by atoms with van der Waals surface area (Å²) in [6.07, 6.45) is 1.89. The van der Waals surface area contributed by atoms with Crippen molar-refractivity contribution < 1.29 is 22.8 Å². The third-order valence-corrected chi connectivity index (χ3v) is 3.98. The van der Waals surface area contributed by atoms with Crippen LogP contribution in [-0.4, -0.2) is 41.3 Å². The SMILES string of the molecule is O=C1CCN(C(=O)CCc2ncc(-c3c(F)cccc3F)o2)CCN1. The van der Waals surface area contributed by atoms with Crippen LogP contribution in [-0.2, 0) is 16.0 Å². The summed E-state index contributed by atoms with van der Waals surface area (Å²) >= 11 is 0. The average Bonchev–Trinajstić information content (AvgIpc) is 2.93. The summed E-state index contributed by atoms with van der Waals surface area (Å²) < 4.78 is 32.9. The van der Waals surface area contributed by atoms with Crippen molar-refractivity contribution in [2.75, 3.05) is 19.6 Å². The molecule has 1 N–H and O–H groups in total. The van der Waals surface area contributed by atoms with Gasteiger partial charge in [-0.25, -0.2) is 13.8 Å². The molecular formula is C17H17F2N3O3. The van der Waals surface area contributed by atoms with Gasteiger partial charge in [0.25, 0.3) is 0 Å². The number of amides is 2. The zero-order valence-electron chi connectivity index (χ0n) is 13.4. The van der Waals surface area contributed by atoms with Crippen molar-refractivity contribution in [2.24, 2.45) is 0 Å². The molecule has 1 saturated heterocycles. The summed E-state index contributed by atoms with van der Waals surface area (Å²) in [6.45, 7) is 1.27. The number of nitrogens with zero attached hydrogens (tertiary/aromatic N) is 2. The van der Waals surface area contributed by atoms with Crippen molar-refractivity contribution in [1.29, 1.82) is 0 Å². The number of aromatic nitrogens is 1. The van der Waals surface area contributed by atoms with Gasteiger partial charge in [-0.15, -0.1) is 0 Å². The summed E-state index contributed by atoms with van der Waals surface area (Å²) in [4.78, 5) is 29.1. The molecule has 25 heavy (non-hydrogen) atoms. The summed E-state index contributed by atoms with van der Waals surface area (Å²) in [5.41, 5.74) is -0.273. The first-order valence-corrected chi connectivity index (χ1v) is 7.98. The largest absolute Gasteiger partial charge is 0.441 e. The van der Waals surface area contributed by atoms with Crippen LogP contribution in [0, 0.1) is 11.6 Å². The van der Waals surface area contributed by atoms with Gasteiger partial charge < -0.3 is 14.6 Å². The highest BCUT2D eigenvalue weighted by molar-refractivity contribution is 5.80. The summed E-state index contributed by atoms with van der Waals surface area (Å²) in [5.74, 6) is -1.44. The summed E-state index contributed by atoms with van der Waals surface area (Å²) in [5, 5.41) is 2.70. The Kier molecular flexibility index (Phi) is 5.06. The molecular weight excluding hydrogens is 332 g/mol. The Balaban J connectivity index is 1.62. The smallest absolute Gasteiger partial charge is 0.223 e. The zero-order valence-corrected chi connectivity index (χ0v) is 13.4. The van der Waals surface area contributed by atoms with Crippen LogP contribution in [0.2, 0.25) is 0 Å². The van der Waals surface area contributed by atoms with Crippen LogP contribution >= 0.6 is 0 Å². The Bertz CT molecular complexity index is 771. The predicted octanol–water partition coefficient (Wildman–Crippen LogP) is 1.90. The molecule has 1 aromatic carbocycles. The Morgan fingerprint density at radius 2 is 2.04 bits per heavy atom. The van der Waals surface area contributed by atoms with Crippen molar-refractivity contribution in [3.8, 4) is 11.3 Å². The first-order valence-electron chi connectivity index (χ1n) is 7.98. The quantitative estimate of drug-likeness (QED) is 0.915.